The van der Waals surface area contributed by atoms with Crippen LogP contribution in [0.25, 0.3) is 0 Å². The Hall–Kier alpha value is -2.61. The molecule has 0 aliphatic heterocycles. The zero-order chi connectivity index (χ0) is 22.7. The molecule has 0 radical (unpaired) electrons. The molecule has 0 atom stereocenters. The lowest BCUT2D eigenvalue weighted by Crippen LogP contribution is -2.11. The van der Waals surface area contributed by atoms with Gasteiger partial charge in [0.25, 0.3) is 5.91 Å². The van der Waals surface area contributed by atoms with E-state index in [4.69, 9.17) is 16.3 Å². The molecule has 1 amide bonds. The van der Waals surface area contributed by atoms with E-state index in [1.165, 1.54) is 11.3 Å². The van der Waals surface area contributed by atoms with Crippen LogP contribution in [0.15, 0.2) is 64.6 Å². The second-order valence-corrected chi connectivity index (χ2v) is 9.74. The van der Waals surface area contributed by atoms with Crippen LogP contribution in [0.3, 0.4) is 0 Å². The van der Waals surface area contributed by atoms with Gasteiger partial charge in [-0.3, -0.25) is 9.48 Å². The van der Waals surface area contributed by atoms with Crippen molar-refractivity contribution in [2.75, 3.05) is 5.32 Å². The number of aryl methyl sites for hydroxylation is 2. The number of thiophene rings is 1. The molecule has 0 saturated carbocycles. The molecule has 0 fully saturated rings. The van der Waals surface area contributed by atoms with E-state index in [-0.39, 0.29) is 5.91 Å². The number of amides is 1. The third kappa shape index (κ3) is 5.79. The molecule has 0 aliphatic carbocycles. The van der Waals surface area contributed by atoms with Crippen molar-refractivity contribution in [2.24, 2.45) is 0 Å². The summed E-state index contributed by atoms with van der Waals surface area (Å²) >= 11 is 10.8. The molecule has 4 rings (SSSR count). The maximum atomic E-state index is 12.7. The van der Waals surface area contributed by atoms with Crippen LogP contribution in [0, 0.1) is 13.8 Å². The van der Waals surface area contributed by atoms with Crippen molar-refractivity contribution < 1.29 is 9.53 Å². The molecule has 2 aromatic carbocycles. The molecule has 2 heterocycles. The first kappa shape index (κ1) is 22.6. The number of hydrogen-bond acceptors (Lipinski definition) is 4. The highest BCUT2D eigenvalue weighted by Crippen LogP contribution is 2.24. The van der Waals surface area contributed by atoms with Crippen molar-refractivity contribution in [3.8, 4) is 5.75 Å². The van der Waals surface area contributed by atoms with Gasteiger partial charge in [0.15, 0.2) is 5.82 Å². The van der Waals surface area contributed by atoms with E-state index >= 15 is 0 Å². The van der Waals surface area contributed by atoms with Crippen molar-refractivity contribution in [3.05, 3.63) is 96.7 Å². The minimum atomic E-state index is -0.204. The number of halogens is 2. The highest BCUT2D eigenvalue weighted by atomic mass is 79.9. The number of ether oxygens (including phenoxy) is 1. The van der Waals surface area contributed by atoms with E-state index in [1.807, 2.05) is 67.9 Å². The van der Waals surface area contributed by atoms with Crippen LogP contribution in [0.4, 0.5) is 5.82 Å². The van der Waals surface area contributed by atoms with Gasteiger partial charge in [0.2, 0.25) is 0 Å². The first-order chi connectivity index (χ1) is 15.4. The molecule has 5 nitrogen and oxygen atoms in total. The SMILES string of the molecule is Cc1cc(C)cc(OCc2csc(C(=O)Nc3nn(Cc4ccc(Cl)cc4)cc3Br)c2)c1. The van der Waals surface area contributed by atoms with Crippen LogP contribution in [-0.4, -0.2) is 15.7 Å². The zero-order valence-electron chi connectivity index (χ0n) is 17.6. The first-order valence-corrected chi connectivity index (χ1v) is 12.0. The fourth-order valence-corrected chi connectivity index (χ4v) is 4.59. The number of rotatable bonds is 7. The standard InChI is InChI=1S/C24H21BrClN3O2S/c1-15-7-16(2)9-20(8-15)31-13-18-10-22(32-14-18)24(30)27-23-21(25)12-29(28-23)11-17-3-5-19(26)6-4-17/h3-10,12,14H,11,13H2,1-2H3,(H,27,28,30). The summed E-state index contributed by atoms with van der Waals surface area (Å²) in [5, 5.41) is 9.98. The Labute approximate surface area is 204 Å². The number of hydrogen-bond donors (Lipinski definition) is 1. The quantitative estimate of drug-likeness (QED) is 0.284. The van der Waals surface area contributed by atoms with Gasteiger partial charge in [-0.05, 0) is 82.2 Å². The lowest BCUT2D eigenvalue weighted by molar-refractivity contribution is 0.103. The normalized spacial score (nSPS) is 10.9. The number of nitrogens with one attached hydrogen (secondary N) is 1. The van der Waals surface area contributed by atoms with Crippen LogP contribution < -0.4 is 10.1 Å². The van der Waals surface area contributed by atoms with Gasteiger partial charge in [0, 0.05) is 16.8 Å². The summed E-state index contributed by atoms with van der Waals surface area (Å²) in [5.74, 6) is 1.10. The third-order valence-electron chi connectivity index (χ3n) is 4.69. The molecule has 2 aromatic heterocycles. The zero-order valence-corrected chi connectivity index (χ0v) is 20.7. The van der Waals surface area contributed by atoms with Crippen molar-refractivity contribution in [2.45, 2.75) is 27.0 Å². The Morgan fingerprint density at radius 3 is 2.56 bits per heavy atom. The van der Waals surface area contributed by atoms with Crippen LogP contribution in [0.2, 0.25) is 5.02 Å². The fraction of sp³-hybridized carbons (Fsp3) is 0.167. The lowest BCUT2D eigenvalue weighted by Gasteiger charge is -2.07. The predicted molar refractivity (Wildman–Crippen MR) is 133 cm³/mol. The van der Waals surface area contributed by atoms with Crippen molar-refractivity contribution in [1.29, 1.82) is 0 Å². The summed E-state index contributed by atoms with van der Waals surface area (Å²) < 4.78 is 8.38. The number of carbonyl (C=O) groups excluding carboxylic acids is 1. The summed E-state index contributed by atoms with van der Waals surface area (Å²) in [6.45, 7) is 5.07. The molecular weight excluding hydrogens is 510 g/mol. The monoisotopic (exact) mass is 529 g/mol. The number of aromatic nitrogens is 2. The number of carbonyl (C=O) groups is 1. The molecule has 164 valence electrons. The minimum absolute atomic E-state index is 0.204. The Kier molecular flexibility index (Phi) is 6.98. The highest BCUT2D eigenvalue weighted by Gasteiger charge is 2.14. The average molecular weight is 531 g/mol. The Bertz CT molecular complexity index is 1230. The number of benzene rings is 2. The second-order valence-electron chi connectivity index (χ2n) is 7.54. The molecule has 1 N–H and O–H groups in total. The van der Waals surface area contributed by atoms with E-state index in [9.17, 15) is 4.79 Å². The van der Waals surface area contributed by atoms with Crippen molar-refractivity contribution in [3.63, 3.8) is 0 Å². The number of nitrogens with zero attached hydrogens (tertiary/aromatic N) is 2. The van der Waals surface area contributed by atoms with Crippen molar-refractivity contribution >= 4 is 50.6 Å². The summed E-state index contributed by atoms with van der Waals surface area (Å²) in [6.07, 6.45) is 1.84. The Balaban J connectivity index is 1.37. The van der Waals surface area contributed by atoms with E-state index in [0.29, 0.717) is 28.9 Å². The average Bonchev–Trinajstić information content (AvgIpc) is 3.34. The van der Waals surface area contributed by atoms with Gasteiger partial charge in [-0.1, -0.05) is 29.8 Å². The third-order valence-corrected chi connectivity index (χ3v) is 6.50. The summed E-state index contributed by atoms with van der Waals surface area (Å²) in [5.41, 5.74) is 4.33. The smallest absolute Gasteiger partial charge is 0.266 e. The minimum Gasteiger partial charge on any atom is -0.489 e. The molecule has 0 aliphatic rings. The Morgan fingerprint density at radius 2 is 1.84 bits per heavy atom. The summed E-state index contributed by atoms with van der Waals surface area (Å²) in [4.78, 5) is 13.3. The maximum Gasteiger partial charge on any atom is 0.266 e. The second kappa shape index (κ2) is 9.90. The van der Waals surface area contributed by atoms with Gasteiger partial charge in [0.05, 0.1) is 15.9 Å². The fourth-order valence-electron chi connectivity index (χ4n) is 3.26. The molecule has 8 heteroatoms. The summed E-state index contributed by atoms with van der Waals surface area (Å²) in [6, 6.07) is 15.5. The van der Waals surface area contributed by atoms with Gasteiger partial charge in [-0.15, -0.1) is 11.3 Å². The molecule has 0 saturated heterocycles. The highest BCUT2D eigenvalue weighted by molar-refractivity contribution is 9.10. The summed E-state index contributed by atoms with van der Waals surface area (Å²) in [7, 11) is 0. The molecule has 0 bridgehead atoms. The van der Waals surface area contributed by atoms with E-state index in [2.05, 4.69) is 32.4 Å². The largest absolute Gasteiger partial charge is 0.489 e. The molecule has 0 unspecified atom stereocenters. The Morgan fingerprint density at radius 1 is 1.12 bits per heavy atom. The topological polar surface area (TPSA) is 56.1 Å². The maximum absolute atomic E-state index is 12.7. The van der Waals surface area contributed by atoms with Crippen molar-refractivity contribution in [1.82, 2.24) is 9.78 Å². The van der Waals surface area contributed by atoms with Crippen LogP contribution in [0.1, 0.15) is 31.9 Å². The lowest BCUT2D eigenvalue weighted by atomic mass is 10.1. The van der Waals surface area contributed by atoms with Gasteiger partial charge >= 0.3 is 0 Å². The first-order valence-electron chi connectivity index (χ1n) is 9.93. The van der Waals surface area contributed by atoms with Gasteiger partial charge < -0.3 is 10.1 Å². The van der Waals surface area contributed by atoms with Crippen LogP contribution >= 0.6 is 38.9 Å². The van der Waals surface area contributed by atoms with E-state index in [1.54, 1.807) is 4.68 Å². The van der Waals surface area contributed by atoms with Crippen LogP contribution in [-0.2, 0) is 13.2 Å². The van der Waals surface area contributed by atoms with Gasteiger partial charge in [-0.25, -0.2) is 0 Å². The molecule has 32 heavy (non-hydrogen) atoms. The predicted octanol–water partition coefficient (Wildman–Crippen LogP) is 6.86. The van der Waals surface area contributed by atoms with E-state index < -0.39 is 0 Å². The molecular formula is C24H21BrClN3O2S. The van der Waals surface area contributed by atoms with Gasteiger partial charge in [-0.2, -0.15) is 5.10 Å². The van der Waals surface area contributed by atoms with Gasteiger partial charge in [0.1, 0.15) is 12.4 Å². The molecule has 0 spiro atoms. The van der Waals surface area contributed by atoms with Crippen LogP contribution in [0.5, 0.6) is 5.75 Å². The van der Waals surface area contributed by atoms with E-state index in [0.717, 1.165) is 32.5 Å². The number of anilines is 1. The molecule has 4 aromatic rings.